The van der Waals surface area contributed by atoms with E-state index < -0.39 is 11.9 Å². The Morgan fingerprint density at radius 2 is 2.24 bits per heavy atom. The van der Waals surface area contributed by atoms with E-state index in [1.165, 1.54) is 5.56 Å². The number of rotatable bonds is 6. The molecule has 5 heteroatoms. The number of likely N-dealkylation sites (N-methyl/N-ethyl adjacent to an activating group) is 1. The van der Waals surface area contributed by atoms with Crippen LogP contribution in [-0.4, -0.2) is 48.1 Å². The molecule has 1 N–H and O–H groups in total. The molecule has 1 saturated heterocycles. The molecule has 21 heavy (non-hydrogen) atoms. The fraction of sp³-hybridized carbons (Fsp3) is 0.500. The lowest BCUT2D eigenvalue weighted by molar-refractivity contribution is -0.141. The van der Waals surface area contributed by atoms with E-state index >= 15 is 0 Å². The summed E-state index contributed by atoms with van der Waals surface area (Å²) in [6, 6.07) is 8.26. The molecule has 0 aromatic heterocycles. The standard InChI is InChI=1S/C16H22N2O3/c1-3-17(14-6-4-5-12(2)9-14)7-8-18-11-13(16(20)21)10-15(18)19/h4-6,9,13H,3,7-8,10-11H2,1-2H3,(H,20,21). The summed E-state index contributed by atoms with van der Waals surface area (Å²) >= 11 is 0. The van der Waals surface area contributed by atoms with E-state index in [4.69, 9.17) is 5.11 Å². The van der Waals surface area contributed by atoms with Crippen molar-refractivity contribution < 1.29 is 14.7 Å². The maximum Gasteiger partial charge on any atom is 0.308 e. The molecule has 0 bridgehead atoms. The normalized spacial score (nSPS) is 18.1. The monoisotopic (exact) mass is 290 g/mol. The van der Waals surface area contributed by atoms with Gasteiger partial charge < -0.3 is 14.9 Å². The Morgan fingerprint density at radius 3 is 2.81 bits per heavy atom. The van der Waals surface area contributed by atoms with E-state index in [0.717, 1.165) is 18.8 Å². The highest BCUT2D eigenvalue weighted by Gasteiger charge is 2.33. The first-order valence-corrected chi connectivity index (χ1v) is 7.33. The Balaban J connectivity index is 1.95. The van der Waals surface area contributed by atoms with Gasteiger partial charge in [0.15, 0.2) is 0 Å². The molecule has 1 atom stereocenters. The summed E-state index contributed by atoms with van der Waals surface area (Å²) in [5.41, 5.74) is 2.34. The van der Waals surface area contributed by atoms with Crippen molar-refractivity contribution in [1.29, 1.82) is 0 Å². The number of carbonyl (C=O) groups excluding carboxylic acids is 1. The maximum atomic E-state index is 11.8. The van der Waals surface area contributed by atoms with Gasteiger partial charge in [-0.3, -0.25) is 9.59 Å². The van der Waals surface area contributed by atoms with Crippen LogP contribution in [-0.2, 0) is 9.59 Å². The van der Waals surface area contributed by atoms with Crippen LogP contribution < -0.4 is 4.90 Å². The Bertz CT molecular complexity index is 530. The largest absolute Gasteiger partial charge is 0.481 e. The lowest BCUT2D eigenvalue weighted by Gasteiger charge is -2.26. The van der Waals surface area contributed by atoms with Gasteiger partial charge in [0.05, 0.1) is 5.92 Å². The van der Waals surface area contributed by atoms with E-state index in [9.17, 15) is 9.59 Å². The number of likely N-dealkylation sites (tertiary alicyclic amines) is 1. The van der Waals surface area contributed by atoms with Gasteiger partial charge in [-0.2, -0.15) is 0 Å². The zero-order chi connectivity index (χ0) is 15.4. The molecule has 1 amide bonds. The van der Waals surface area contributed by atoms with Gasteiger partial charge in [-0.05, 0) is 31.5 Å². The summed E-state index contributed by atoms with van der Waals surface area (Å²) in [5.74, 6) is -1.48. The van der Waals surface area contributed by atoms with Gasteiger partial charge in [0, 0.05) is 38.3 Å². The summed E-state index contributed by atoms with van der Waals surface area (Å²) in [7, 11) is 0. The zero-order valence-electron chi connectivity index (χ0n) is 12.6. The number of aliphatic carboxylic acids is 1. The Labute approximate surface area is 125 Å². The average Bonchev–Trinajstić information content (AvgIpc) is 2.81. The summed E-state index contributed by atoms with van der Waals surface area (Å²) < 4.78 is 0. The first-order valence-electron chi connectivity index (χ1n) is 7.33. The molecule has 1 aliphatic heterocycles. The maximum absolute atomic E-state index is 11.8. The highest BCUT2D eigenvalue weighted by atomic mass is 16.4. The number of hydrogen-bond donors (Lipinski definition) is 1. The third-order valence-corrected chi connectivity index (χ3v) is 3.95. The van der Waals surface area contributed by atoms with E-state index in [-0.39, 0.29) is 12.3 Å². The molecule has 1 aliphatic rings. The van der Waals surface area contributed by atoms with E-state index in [2.05, 4.69) is 36.9 Å². The van der Waals surface area contributed by atoms with E-state index in [1.54, 1.807) is 4.90 Å². The van der Waals surface area contributed by atoms with Gasteiger partial charge >= 0.3 is 5.97 Å². The number of carboxylic acid groups (broad SMARTS) is 1. The average molecular weight is 290 g/mol. The quantitative estimate of drug-likeness (QED) is 0.867. The molecular formula is C16H22N2O3. The minimum atomic E-state index is -0.878. The van der Waals surface area contributed by atoms with Gasteiger partial charge in [-0.15, -0.1) is 0 Å². The first-order chi connectivity index (χ1) is 10.0. The molecule has 0 aliphatic carbocycles. The molecule has 114 valence electrons. The highest BCUT2D eigenvalue weighted by Crippen LogP contribution is 2.19. The summed E-state index contributed by atoms with van der Waals surface area (Å²) in [6.45, 7) is 6.61. The number of aryl methyl sites for hydroxylation is 1. The summed E-state index contributed by atoms with van der Waals surface area (Å²) in [5, 5.41) is 8.99. The van der Waals surface area contributed by atoms with Crippen LogP contribution in [0.2, 0.25) is 0 Å². The molecule has 0 radical (unpaired) electrons. The SMILES string of the molecule is CCN(CCN1CC(C(=O)O)CC1=O)c1cccc(C)c1. The summed E-state index contributed by atoms with van der Waals surface area (Å²) in [6.07, 6.45) is 0.131. The van der Waals surface area contributed by atoms with Gasteiger partial charge in [-0.1, -0.05) is 12.1 Å². The molecule has 2 rings (SSSR count). The lowest BCUT2D eigenvalue weighted by atomic mass is 10.1. The molecule has 1 unspecified atom stereocenters. The highest BCUT2D eigenvalue weighted by molar-refractivity contribution is 5.86. The second-order valence-electron chi connectivity index (χ2n) is 5.50. The van der Waals surface area contributed by atoms with Gasteiger partial charge in [0.25, 0.3) is 0 Å². The van der Waals surface area contributed by atoms with Crippen LogP contribution in [0.4, 0.5) is 5.69 Å². The molecule has 0 saturated carbocycles. The van der Waals surface area contributed by atoms with E-state index in [1.807, 2.05) is 6.07 Å². The third kappa shape index (κ3) is 3.74. The van der Waals surface area contributed by atoms with Crippen molar-refractivity contribution in [1.82, 2.24) is 4.90 Å². The number of carboxylic acids is 1. The molecule has 0 spiro atoms. The molecule has 5 nitrogen and oxygen atoms in total. The van der Waals surface area contributed by atoms with Crippen LogP contribution in [0.15, 0.2) is 24.3 Å². The minimum Gasteiger partial charge on any atom is -0.481 e. The van der Waals surface area contributed by atoms with Gasteiger partial charge in [0.2, 0.25) is 5.91 Å². The third-order valence-electron chi connectivity index (χ3n) is 3.95. The van der Waals surface area contributed by atoms with Crippen molar-refractivity contribution in [2.45, 2.75) is 20.3 Å². The summed E-state index contributed by atoms with van der Waals surface area (Å²) in [4.78, 5) is 26.6. The fourth-order valence-corrected chi connectivity index (χ4v) is 2.69. The van der Waals surface area contributed by atoms with Crippen molar-refractivity contribution in [3.8, 4) is 0 Å². The Morgan fingerprint density at radius 1 is 1.48 bits per heavy atom. The number of nitrogens with zero attached hydrogens (tertiary/aromatic N) is 2. The molecular weight excluding hydrogens is 268 g/mol. The van der Waals surface area contributed by atoms with Crippen molar-refractivity contribution in [3.63, 3.8) is 0 Å². The van der Waals surface area contributed by atoms with Crippen LogP contribution >= 0.6 is 0 Å². The van der Waals surface area contributed by atoms with Crippen molar-refractivity contribution in [2.75, 3.05) is 31.1 Å². The smallest absolute Gasteiger partial charge is 0.308 e. The predicted octanol–water partition coefficient (Wildman–Crippen LogP) is 1.75. The van der Waals surface area contributed by atoms with Gasteiger partial charge in [-0.25, -0.2) is 0 Å². The van der Waals surface area contributed by atoms with E-state index in [0.29, 0.717) is 13.1 Å². The van der Waals surface area contributed by atoms with Crippen LogP contribution in [0.25, 0.3) is 0 Å². The number of carbonyl (C=O) groups is 2. The number of hydrogen-bond acceptors (Lipinski definition) is 3. The van der Waals surface area contributed by atoms with Crippen molar-refractivity contribution in [3.05, 3.63) is 29.8 Å². The second kappa shape index (κ2) is 6.61. The number of amides is 1. The van der Waals surface area contributed by atoms with Gasteiger partial charge in [0.1, 0.15) is 0 Å². The molecule has 1 fully saturated rings. The Hall–Kier alpha value is -2.04. The fourth-order valence-electron chi connectivity index (χ4n) is 2.69. The number of benzene rings is 1. The molecule has 1 aromatic carbocycles. The topological polar surface area (TPSA) is 60.9 Å². The van der Waals surface area contributed by atoms with Crippen LogP contribution in [0.3, 0.4) is 0 Å². The van der Waals surface area contributed by atoms with Crippen LogP contribution in [0.5, 0.6) is 0 Å². The van der Waals surface area contributed by atoms with Crippen molar-refractivity contribution >= 4 is 17.6 Å². The number of anilines is 1. The first kappa shape index (κ1) is 15.4. The minimum absolute atomic E-state index is 0.0531. The Kier molecular flexibility index (Phi) is 4.83. The lowest BCUT2D eigenvalue weighted by Crippen LogP contribution is -2.36. The second-order valence-corrected chi connectivity index (χ2v) is 5.50. The van der Waals surface area contributed by atoms with Crippen LogP contribution in [0.1, 0.15) is 18.9 Å². The van der Waals surface area contributed by atoms with Crippen molar-refractivity contribution in [2.24, 2.45) is 5.92 Å². The van der Waals surface area contributed by atoms with Crippen LogP contribution in [0, 0.1) is 12.8 Å². The molecule has 1 aromatic rings. The zero-order valence-corrected chi connectivity index (χ0v) is 12.6. The predicted molar refractivity (Wildman–Crippen MR) is 81.4 cm³/mol. The molecule has 1 heterocycles.